The summed E-state index contributed by atoms with van der Waals surface area (Å²) in [5.74, 6) is 0.805. The second kappa shape index (κ2) is 10.3. The Hall–Kier alpha value is -1.99. The smallest absolute Gasteiger partial charge is 0.203 e. The lowest BCUT2D eigenvalue weighted by Gasteiger charge is -2.42. The van der Waals surface area contributed by atoms with Gasteiger partial charge in [0.2, 0.25) is 5.75 Å². The van der Waals surface area contributed by atoms with E-state index >= 15 is 0 Å². The Labute approximate surface area is 196 Å². The van der Waals surface area contributed by atoms with Gasteiger partial charge in [0.25, 0.3) is 0 Å². The minimum Gasteiger partial charge on any atom is -0.493 e. The molecule has 1 aliphatic heterocycles. The van der Waals surface area contributed by atoms with Crippen LogP contribution in [0.4, 0.5) is 0 Å². The zero-order chi connectivity index (χ0) is 23.4. The van der Waals surface area contributed by atoms with Gasteiger partial charge in [-0.2, -0.15) is 0 Å². The molecule has 1 saturated heterocycles. The van der Waals surface area contributed by atoms with Crippen LogP contribution in [-0.4, -0.2) is 53.5 Å². The van der Waals surface area contributed by atoms with Gasteiger partial charge >= 0.3 is 0 Å². The van der Waals surface area contributed by atoms with Crippen molar-refractivity contribution >= 4 is 11.6 Å². The first-order valence-electron chi connectivity index (χ1n) is 10.9. The second-order valence-corrected chi connectivity index (χ2v) is 8.59. The highest BCUT2D eigenvalue weighted by Gasteiger charge is 2.43. The lowest BCUT2D eigenvalue weighted by molar-refractivity contribution is -0.176. The van der Waals surface area contributed by atoms with Crippen molar-refractivity contribution < 1.29 is 23.7 Å². The first-order valence-corrected chi connectivity index (χ1v) is 11.3. The molecule has 0 aliphatic carbocycles. The van der Waals surface area contributed by atoms with E-state index in [-0.39, 0.29) is 5.54 Å². The van der Waals surface area contributed by atoms with Crippen LogP contribution >= 0.6 is 11.6 Å². The van der Waals surface area contributed by atoms with E-state index in [1.807, 2.05) is 24.3 Å². The van der Waals surface area contributed by atoms with Crippen molar-refractivity contribution in [3.63, 3.8) is 0 Å². The van der Waals surface area contributed by atoms with Crippen molar-refractivity contribution in [2.45, 2.75) is 37.5 Å². The van der Waals surface area contributed by atoms with Crippen LogP contribution in [0.25, 0.3) is 0 Å². The third-order valence-corrected chi connectivity index (χ3v) is 6.80. The van der Waals surface area contributed by atoms with Crippen LogP contribution in [0, 0.1) is 0 Å². The summed E-state index contributed by atoms with van der Waals surface area (Å²) in [6.45, 7) is 3.26. The molecule has 0 N–H and O–H groups in total. The molecule has 0 bridgehead atoms. The summed E-state index contributed by atoms with van der Waals surface area (Å²) in [6.07, 6.45) is 2.39. The lowest BCUT2D eigenvalue weighted by atomic mass is 9.80. The minimum absolute atomic E-state index is 0.201. The summed E-state index contributed by atoms with van der Waals surface area (Å²) in [5, 5.41) is 0.730. The molecule has 0 saturated carbocycles. The maximum atomic E-state index is 6.26. The average molecular weight is 464 g/mol. The maximum Gasteiger partial charge on any atom is 0.203 e. The quantitative estimate of drug-likeness (QED) is 0.482. The van der Waals surface area contributed by atoms with Gasteiger partial charge in [-0.25, -0.2) is 0 Å². The Morgan fingerprint density at radius 1 is 0.969 bits per heavy atom. The largest absolute Gasteiger partial charge is 0.493 e. The molecule has 2 aromatic rings. The second-order valence-electron chi connectivity index (χ2n) is 8.15. The van der Waals surface area contributed by atoms with Gasteiger partial charge in [0.1, 0.15) is 0 Å². The van der Waals surface area contributed by atoms with E-state index in [4.69, 9.17) is 35.3 Å². The van der Waals surface area contributed by atoms with Crippen LogP contribution in [-0.2, 0) is 20.8 Å². The number of hydrogen-bond donors (Lipinski definition) is 0. The Balaban J connectivity index is 2.01. The molecule has 0 aromatic heterocycles. The summed E-state index contributed by atoms with van der Waals surface area (Å²) in [4.78, 5) is 2.27. The highest BCUT2D eigenvalue weighted by Crippen LogP contribution is 2.47. The van der Waals surface area contributed by atoms with E-state index in [0.29, 0.717) is 36.9 Å². The molecule has 1 heterocycles. The minimum atomic E-state index is -0.893. The highest BCUT2D eigenvalue weighted by molar-refractivity contribution is 6.30. The van der Waals surface area contributed by atoms with E-state index in [1.54, 1.807) is 21.3 Å². The molecule has 3 rings (SSSR count). The summed E-state index contributed by atoms with van der Waals surface area (Å²) < 4.78 is 29.2. The van der Waals surface area contributed by atoms with Crippen molar-refractivity contribution in [2.75, 3.05) is 48.6 Å². The molecule has 1 aliphatic rings. The van der Waals surface area contributed by atoms with Crippen LogP contribution in [0.2, 0.25) is 5.02 Å². The number of methoxy groups -OCH3 is 3. The number of benzene rings is 2. The summed E-state index contributed by atoms with van der Waals surface area (Å²) in [6, 6.07) is 11.9. The van der Waals surface area contributed by atoms with Gasteiger partial charge < -0.3 is 23.7 Å². The van der Waals surface area contributed by atoms with Crippen LogP contribution in [0.5, 0.6) is 17.2 Å². The molecule has 0 spiro atoms. The van der Waals surface area contributed by atoms with Crippen molar-refractivity contribution in [1.82, 2.24) is 4.90 Å². The van der Waals surface area contributed by atoms with E-state index < -0.39 is 5.79 Å². The van der Waals surface area contributed by atoms with Gasteiger partial charge in [0.15, 0.2) is 17.3 Å². The van der Waals surface area contributed by atoms with Crippen LogP contribution in [0.15, 0.2) is 36.4 Å². The SMILES string of the molecule is CCC(CCC1(c2cc(OC)c(OC)c(OC)c2)OCCO1)(c1ccc(Cl)cc1)N(C)C. The third kappa shape index (κ3) is 4.55. The number of hydrogen-bond acceptors (Lipinski definition) is 6. The fraction of sp³-hybridized carbons (Fsp3) is 0.520. The fourth-order valence-electron chi connectivity index (χ4n) is 4.67. The van der Waals surface area contributed by atoms with Gasteiger partial charge in [-0.05, 0) is 56.8 Å². The average Bonchev–Trinajstić information content (AvgIpc) is 3.29. The molecule has 32 heavy (non-hydrogen) atoms. The molecular weight excluding hydrogens is 430 g/mol. The molecule has 176 valence electrons. The van der Waals surface area contributed by atoms with Crippen LogP contribution < -0.4 is 14.2 Å². The maximum absolute atomic E-state index is 6.26. The molecule has 1 unspecified atom stereocenters. The van der Waals surface area contributed by atoms with Gasteiger partial charge in [0.05, 0.1) is 34.5 Å². The van der Waals surface area contributed by atoms with Crippen molar-refractivity contribution in [3.05, 3.63) is 52.5 Å². The molecule has 1 fully saturated rings. The molecular formula is C25H34ClNO5. The normalized spacial score (nSPS) is 17.2. The highest BCUT2D eigenvalue weighted by atomic mass is 35.5. The summed E-state index contributed by atoms with van der Waals surface area (Å²) in [5.41, 5.74) is 1.87. The number of nitrogens with zero attached hydrogens (tertiary/aromatic N) is 1. The zero-order valence-electron chi connectivity index (χ0n) is 19.9. The Morgan fingerprint density at radius 3 is 1.97 bits per heavy atom. The Morgan fingerprint density at radius 2 is 1.53 bits per heavy atom. The zero-order valence-corrected chi connectivity index (χ0v) is 20.6. The van der Waals surface area contributed by atoms with Gasteiger partial charge in [0, 0.05) is 22.5 Å². The number of rotatable bonds is 10. The van der Waals surface area contributed by atoms with Gasteiger partial charge in [-0.15, -0.1) is 0 Å². The molecule has 7 heteroatoms. The molecule has 6 nitrogen and oxygen atoms in total. The van der Waals surface area contributed by atoms with Gasteiger partial charge in [-0.1, -0.05) is 30.7 Å². The fourth-order valence-corrected chi connectivity index (χ4v) is 4.79. The molecule has 1 atom stereocenters. The first kappa shape index (κ1) is 24.6. The van der Waals surface area contributed by atoms with E-state index in [2.05, 4.69) is 38.1 Å². The Kier molecular flexibility index (Phi) is 7.93. The predicted molar refractivity (Wildman–Crippen MR) is 126 cm³/mol. The predicted octanol–water partition coefficient (Wildman–Crippen LogP) is 5.21. The van der Waals surface area contributed by atoms with Crippen molar-refractivity contribution in [1.29, 1.82) is 0 Å². The third-order valence-electron chi connectivity index (χ3n) is 6.55. The van der Waals surface area contributed by atoms with Crippen molar-refractivity contribution in [2.24, 2.45) is 0 Å². The van der Waals surface area contributed by atoms with E-state index in [1.165, 1.54) is 5.56 Å². The molecule has 0 amide bonds. The standard InChI is InChI=1S/C25H34ClNO5/c1-7-24(27(2)3,18-8-10-20(26)11-9-18)12-13-25(31-14-15-32-25)19-16-21(28-4)23(30-6)22(17-19)29-5/h8-11,16-17H,7,12-15H2,1-6H3. The first-order chi connectivity index (χ1) is 15.4. The number of halogens is 1. The monoisotopic (exact) mass is 463 g/mol. The lowest BCUT2D eigenvalue weighted by Crippen LogP contribution is -2.43. The summed E-state index contributed by atoms with van der Waals surface area (Å²) >= 11 is 6.16. The molecule has 2 aromatic carbocycles. The number of ether oxygens (including phenoxy) is 5. The van der Waals surface area contributed by atoms with E-state index in [9.17, 15) is 0 Å². The van der Waals surface area contributed by atoms with Crippen LogP contribution in [0.3, 0.4) is 0 Å². The Bertz CT molecular complexity index is 871. The van der Waals surface area contributed by atoms with Crippen LogP contribution in [0.1, 0.15) is 37.3 Å². The van der Waals surface area contributed by atoms with E-state index in [0.717, 1.165) is 23.4 Å². The van der Waals surface area contributed by atoms with Gasteiger partial charge in [-0.3, -0.25) is 4.90 Å². The molecule has 0 radical (unpaired) electrons. The summed E-state index contributed by atoms with van der Waals surface area (Å²) in [7, 11) is 9.04. The topological polar surface area (TPSA) is 49.4 Å². The van der Waals surface area contributed by atoms with Crippen molar-refractivity contribution in [3.8, 4) is 17.2 Å².